The van der Waals surface area contributed by atoms with Gasteiger partial charge in [-0.05, 0) is 42.3 Å². The van der Waals surface area contributed by atoms with Crippen LogP contribution < -0.4 is 10.1 Å². The van der Waals surface area contributed by atoms with Crippen molar-refractivity contribution >= 4 is 41.1 Å². The monoisotopic (exact) mass is 389 g/mol. The number of amides is 1. The third-order valence-electron chi connectivity index (χ3n) is 3.98. The third kappa shape index (κ3) is 4.53. The number of nitrogens with one attached hydrogen (secondary N) is 1. The summed E-state index contributed by atoms with van der Waals surface area (Å²) in [5.41, 5.74) is 2.42. The molecule has 3 rings (SSSR count). The lowest BCUT2D eigenvalue weighted by Gasteiger charge is -2.12. The Balaban J connectivity index is 1.56. The SMILES string of the molecule is Cc1c(NC(=O)COc2ccc(C3SCCS3)cc2)cccc1C(=O)O. The van der Waals surface area contributed by atoms with E-state index in [-0.39, 0.29) is 18.1 Å². The Bertz CT molecular complexity index is 802. The van der Waals surface area contributed by atoms with Crippen molar-refractivity contribution in [3.63, 3.8) is 0 Å². The molecule has 1 heterocycles. The molecule has 2 N–H and O–H groups in total. The minimum Gasteiger partial charge on any atom is -0.484 e. The van der Waals surface area contributed by atoms with E-state index in [0.717, 1.165) is 0 Å². The molecule has 0 aliphatic carbocycles. The van der Waals surface area contributed by atoms with Crippen molar-refractivity contribution in [2.45, 2.75) is 11.5 Å². The molecule has 0 spiro atoms. The van der Waals surface area contributed by atoms with E-state index in [2.05, 4.69) is 5.32 Å². The first kappa shape index (κ1) is 18.7. The molecule has 1 aliphatic heterocycles. The summed E-state index contributed by atoms with van der Waals surface area (Å²) in [4.78, 5) is 23.3. The molecule has 2 aromatic carbocycles. The highest BCUT2D eigenvalue weighted by Crippen LogP contribution is 2.45. The standard InChI is InChI=1S/C19H19NO4S2/c1-12-15(18(22)23)3-2-4-16(12)20-17(21)11-24-14-7-5-13(6-8-14)19-25-9-10-26-19/h2-8,19H,9-11H2,1H3,(H,20,21)(H,22,23). The summed E-state index contributed by atoms with van der Waals surface area (Å²) in [6, 6.07) is 12.6. The van der Waals surface area contributed by atoms with Crippen LogP contribution in [0.2, 0.25) is 0 Å². The molecule has 1 amide bonds. The van der Waals surface area contributed by atoms with Crippen LogP contribution in [-0.4, -0.2) is 35.1 Å². The van der Waals surface area contributed by atoms with E-state index in [1.807, 2.05) is 47.8 Å². The Labute approximate surface area is 160 Å². The number of carboxylic acid groups (broad SMARTS) is 1. The molecule has 26 heavy (non-hydrogen) atoms. The van der Waals surface area contributed by atoms with Crippen LogP contribution in [-0.2, 0) is 4.79 Å². The molecule has 0 unspecified atom stereocenters. The number of aromatic carboxylic acids is 1. The predicted octanol–water partition coefficient (Wildman–Crippen LogP) is 4.19. The van der Waals surface area contributed by atoms with Crippen molar-refractivity contribution in [3.8, 4) is 5.75 Å². The highest BCUT2D eigenvalue weighted by Gasteiger charge is 2.18. The summed E-state index contributed by atoms with van der Waals surface area (Å²) >= 11 is 3.88. The van der Waals surface area contributed by atoms with Crippen molar-refractivity contribution in [1.29, 1.82) is 0 Å². The van der Waals surface area contributed by atoms with E-state index in [0.29, 0.717) is 21.6 Å². The van der Waals surface area contributed by atoms with E-state index in [4.69, 9.17) is 9.84 Å². The number of thioether (sulfide) groups is 2. The van der Waals surface area contributed by atoms with Crippen LogP contribution in [0, 0.1) is 6.92 Å². The second-order valence-electron chi connectivity index (χ2n) is 5.76. The lowest BCUT2D eigenvalue weighted by atomic mass is 10.1. The summed E-state index contributed by atoms with van der Waals surface area (Å²) in [6.45, 7) is 1.53. The van der Waals surface area contributed by atoms with Crippen molar-refractivity contribution in [2.75, 3.05) is 23.4 Å². The van der Waals surface area contributed by atoms with Gasteiger partial charge in [-0.15, -0.1) is 23.5 Å². The number of hydrogen-bond acceptors (Lipinski definition) is 5. The zero-order chi connectivity index (χ0) is 18.5. The van der Waals surface area contributed by atoms with Gasteiger partial charge >= 0.3 is 5.97 Å². The maximum absolute atomic E-state index is 12.1. The summed E-state index contributed by atoms with van der Waals surface area (Å²) in [5, 5.41) is 11.8. The van der Waals surface area contributed by atoms with Gasteiger partial charge in [-0.25, -0.2) is 4.79 Å². The molecule has 0 radical (unpaired) electrons. The summed E-state index contributed by atoms with van der Waals surface area (Å²) in [6.07, 6.45) is 0. The number of carboxylic acids is 1. The number of carbonyl (C=O) groups excluding carboxylic acids is 1. The topological polar surface area (TPSA) is 75.6 Å². The number of benzene rings is 2. The van der Waals surface area contributed by atoms with Crippen LogP contribution in [0.1, 0.15) is 26.1 Å². The Morgan fingerprint density at radius 2 is 1.85 bits per heavy atom. The first-order valence-corrected chi connectivity index (χ1v) is 10.2. The molecule has 0 saturated carbocycles. The molecule has 5 nitrogen and oxygen atoms in total. The number of ether oxygens (including phenoxy) is 1. The van der Waals surface area contributed by atoms with Crippen molar-refractivity contribution < 1.29 is 19.4 Å². The van der Waals surface area contributed by atoms with Gasteiger partial charge in [0.2, 0.25) is 0 Å². The van der Waals surface area contributed by atoms with Gasteiger partial charge in [-0.3, -0.25) is 4.79 Å². The van der Waals surface area contributed by atoms with Crippen LogP contribution in [0.25, 0.3) is 0 Å². The molecule has 0 atom stereocenters. The minimum atomic E-state index is -1.02. The van der Waals surface area contributed by atoms with E-state index in [1.54, 1.807) is 19.1 Å². The lowest BCUT2D eigenvalue weighted by Crippen LogP contribution is -2.21. The molecular weight excluding hydrogens is 370 g/mol. The zero-order valence-corrected chi connectivity index (χ0v) is 15.9. The van der Waals surface area contributed by atoms with Gasteiger partial charge in [0.25, 0.3) is 5.91 Å². The van der Waals surface area contributed by atoms with Gasteiger partial charge in [0.05, 0.1) is 10.1 Å². The quantitative estimate of drug-likeness (QED) is 0.772. The fraction of sp³-hybridized carbons (Fsp3) is 0.263. The summed E-state index contributed by atoms with van der Waals surface area (Å²) in [5.74, 6) is 1.63. The maximum Gasteiger partial charge on any atom is 0.336 e. The summed E-state index contributed by atoms with van der Waals surface area (Å²) in [7, 11) is 0. The Morgan fingerprint density at radius 3 is 2.50 bits per heavy atom. The zero-order valence-electron chi connectivity index (χ0n) is 14.2. The van der Waals surface area contributed by atoms with Crippen LogP contribution in [0.5, 0.6) is 5.75 Å². The normalized spacial score (nSPS) is 14.2. The molecule has 1 fully saturated rings. The highest BCUT2D eigenvalue weighted by molar-refractivity contribution is 8.19. The molecule has 136 valence electrons. The molecule has 0 bridgehead atoms. The molecule has 1 aliphatic rings. The van der Waals surface area contributed by atoms with E-state index in [9.17, 15) is 9.59 Å². The second-order valence-corrected chi connectivity index (χ2v) is 8.49. The van der Waals surface area contributed by atoms with Gasteiger partial charge in [0.15, 0.2) is 6.61 Å². The van der Waals surface area contributed by atoms with Crippen LogP contribution in [0.4, 0.5) is 5.69 Å². The molecular formula is C19H19NO4S2. The van der Waals surface area contributed by atoms with Crippen molar-refractivity contribution in [1.82, 2.24) is 0 Å². The smallest absolute Gasteiger partial charge is 0.336 e. The predicted molar refractivity (Wildman–Crippen MR) is 106 cm³/mol. The van der Waals surface area contributed by atoms with E-state index < -0.39 is 5.97 Å². The first-order chi connectivity index (χ1) is 12.5. The largest absolute Gasteiger partial charge is 0.484 e. The van der Waals surface area contributed by atoms with Crippen molar-refractivity contribution in [3.05, 3.63) is 59.2 Å². The third-order valence-corrected chi connectivity index (χ3v) is 7.09. The number of anilines is 1. The number of carbonyl (C=O) groups is 2. The van der Waals surface area contributed by atoms with E-state index in [1.165, 1.54) is 23.1 Å². The van der Waals surface area contributed by atoms with Crippen LogP contribution in [0.15, 0.2) is 42.5 Å². The van der Waals surface area contributed by atoms with Gasteiger partial charge in [-0.1, -0.05) is 18.2 Å². The van der Waals surface area contributed by atoms with Gasteiger partial charge < -0.3 is 15.2 Å². The maximum atomic E-state index is 12.1. The average Bonchev–Trinajstić information content (AvgIpc) is 3.16. The number of hydrogen-bond donors (Lipinski definition) is 2. The molecule has 7 heteroatoms. The fourth-order valence-electron chi connectivity index (χ4n) is 2.61. The average molecular weight is 389 g/mol. The Kier molecular flexibility index (Phi) is 6.11. The molecule has 0 aromatic heterocycles. The Hall–Kier alpha value is -2.12. The first-order valence-electron chi connectivity index (χ1n) is 8.13. The van der Waals surface area contributed by atoms with Gasteiger partial charge in [-0.2, -0.15) is 0 Å². The second kappa shape index (κ2) is 8.51. The lowest BCUT2D eigenvalue weighted by molar-refractivity contribution is -0.118. The van der Waals surface area contributed by atoms with Gasteiger partial charge in [0.1, 0.15) is 5.75 Å². The molecule has 2 aromatic rings. The Morgan fingerprint density at radius 1 is 1.15 bits per heavy atom. The van der Waals surface area contributed by atoms with Gasteiger partial charge in [0, 0.05) is 17.2 Å². The molecule has 1 saturated heterocycles. The minimum absolute atomic E-state index is 0.136. The van der Waals surface area contributed by atoms with Crippen LogP contribution >= 0.6 is 23.5 Å². The van der Waals surface area contributed by atoms with Crippen LogP contribution in [0.3, 0.4) is 0 Å². The highest BCUT2D eigenvalue weighted by atomic mass is 32.2. The van der Waals surface area contributed by atoms with E-state index >= 15 is 0 Å². The number of rotatable bonds is 6. The summed E-state index contributed by atoms with van der Waals surface area (Å²) < 4.78 is 6.02. The fourth-order valence-corrected chi connectivity index (χ4v) is 5.47. The van der Waals surface area contributed by atoms with Crippen molar-refractivity contribution in [2.24, 2.45) is 0 Å².